The number of azo groups is 1. The predicted molar refractivity (Wildman–Crippen MR) is 102 cm³/mol. The molecular formula is C20H18N2O8. The summed E-state index contributed by atoms with van der Waals surface area (Å²) in [7, 11) is 2.40. The van der Waals surface area contributed by atoms with Crippen LogP contribution in [0.4, 0.5) is 11.4 Å². The minimum Gasteiger partial charge on any atom is -0.465 e. The SMILES string of the molecule is COC(=O)c1ccc(N=Nc2ccc(C(=O)OC)c(OC(C)=O)c2)cc1OC(C)=O. The van der Waals surface area contributed by atoms with Crippen LogP contribution < -0.4 is 9.47 Å². The molecule has 0 N–H and O–H groups in total. The molecule has 0 radical (unpaired) electrons. The number of benzene rings is 2. The lowest BCUT2D eigenvalue weighted by Gasteiger charge is -2.08. The Kier molecular flexibility index (Phi) is 7.34. The van der Waals surface area contributed by atoms with E-state index in [9.17, 15) is 19.2 Å². The maximum absolute atomic E-state index is 11.8. The van der Waals surface area contributed by atoms with E-state index >= 15 is 0 Å². The summed E-state index contributed by atoms with van der Waals surface area (Å²) in [4.78, 5) is 46.2. The third-order valence-electron chi connectivity index (χ3n) is 3.53. The smallest absolute Gasteiger partial charge is 0.341 e. The van der Waals surface area contributed by atoms with Crippen LogP contribution in [-0.4, -0.2) is 38.1 Å². The topological polar surface area (TPSA) is 130 Å². The molecule has 0 spiro atoms. The maximum atomic E-state index is 11.8. The third kappa shape index (κ3) is 5.71. The number of hydrogen-bond acceptors (Lipinski definition) is 10. The normalized spacial score (nSPS) is 10.4. The van der Waals surface area contributed by atoms with Crippen molar-refractivity contribution in [2.75, 3.05) is 14.2 Å². The van der Waals surface area contributed by atoms with Crippen LogP contribution in [0.1, 0.15) is 34.6 Å². The van der Waals surface area contributed by atoms with Crippen LogP contribution >= 0.6 is 0 Å². The number of esters is 4. The quantitative estimate of drug-likeness (QED) is 0.399. The summed E-state index contributed by atoms with van der Waals surface area (Å²) in [5, 5.41) is 8.02. The van der Waals surface area contributed by atoms with Crippen LogP contribution in [0.3, 0.4) is 0 Å². The molecule has 30 heavy (non-hydrogen) atoms. The number of rotatable bonds is 6. The summed E-state index contributed by atoms with van der Waals surface area (Å²) in [5.41, 5.74) is 0.632. The molecule has 0 bridgehead atoms. The van der Waals surface area contributed by atoms with Crippen LogP contribution in [-0.2, 0) is 19.1 Å². The number of nitrogens with zero attached hydrogens (tertiary/aromatic N) is 2. The first kappa shape index (κ1) is 22.2. The zero-order valence-corrected chi connectivity index (χ0v) is 16.6. The molecule has 10 heteroatoms. The lowest BCUT2D eigenvalue weighted by atomic mass is 10.2. The van der Waals surface area contributed by atoms with Crippen LogP contribution in [0.15, 0.2) is 46.6 Å². The largest absolute Gasteiger partial charge is 0.465 e. The van der Waals surface area contributed by atoms with Crippen molar-refractivity contribution < 1.29 is 38.1 Å². The molecule has 2 rings (SSSR count). The van der Waals surface area contributed by atoms with Gasteiger partial charge in [0.1, 0.15) is 22.6 Å². The van der Waals surface area contributed by atoms with Gasteiger partial charge in [0.15, 0.2) is 0 Å². The first-order valence-electron chi connectivity index (χ1n) is 8.48. The average Bonchev–Trinajstić information content (AvgIpc) is 2.70. The number of carbonyl (C=O) groups excluding carboxylic acids is 4. The zero-order valence-electron chi connectivity index (χ0n) is 16.6. The molecule has 0 atom stereocenters. The number of ether oxygens (including phenoxy) is 4. The maximum Gasteiger partial charge on any atom is 0.341 e. The molecule has 2 aromatic carbocycles. The minimum absolute atomic E-state index is 0.0348. The van der Waals surface area contributed by atoms with Gasteiger partial charge in [-0.05, 0) is 24.3 Å². The van der Waals surface area contributed by atoms with Gasteiger partial charge < -0.3 is 18.9 Å². The summed E-state index contributed by atoms with van der Waals surface area (Å²) in [6.07, 6.45) is 0. The van der Waals surface area contributed by atoms with Crippen molar-refractivity contribution in [3.8, 4) is 11.5 Å². The summed E-state index contributed by atoms with van der Waals surface area (Å²) in [6, 6.07) is 8.38. The molecule has 2 aromatic rings. The molecule has 0 aliphatic heterocycles. The molecule has 0 heterocycles. The fourth-order valence-corrected chi connectivity index (χ4v) is 2.30. The van der Waals surface area contributed by atoms with E-state index in [1.165, 1.54) is 64.5 Å². The van der Waals surface area contributed by atoms with E-state index in [0.29, 0.717) is 0 Å². The first-order chi connectivity index (χ1) is 14.2. The molecular weight excluding hydrogens is 396 g/mol. The van der Waals surface area contributed by atoms with Crippen molar-refractivity contribution in [1.82, 2.24) is 0 Å². The highest BCUT2D eigenvalue weighted by Gasteiger charge is 2.17. The Bertz CT molecular complexity index is 948. The van der Waals surface area contributed by atoms with Crippen molar-refractivity contribution in [3.05, 3.63) is 47.5 Å². The molecule has 0 aliphatic carbocycles. The fourth-order valence-electron chi connectivity index (χ4n) is 2.30. The van der Waals surface area contributed by atoms with E-state index < -0.39 is 23.9 Å². The second-order valence-corrected chi connectivity index (χ2v) is 5.73. The highest BCUT2D eigenvalue weighted by Crippen LogP contribution is 2.30. The summed E-state index contributed by atoms with van der Waals surface area (Å²) in [5.74, 6) is -2.68. The number of methoxy groups -OCH3 is 2. The van der Waals surface area contributed by atoms with E-state index in [1.54, 1.807) is 0 Å². The Labute approximate surface area is 171 Å². The molecule has 0 unspecified atom stereocenters. The van der Waals surface area contributed by atoms with Gasteiger partial charge in [-0.2, -0.15) is 10.2 Å². The van der Waals surface area contributed by atoms with Crippen molar-refractivity contribution in [2.24, 2.45) is 10.2 Å². The molecule has 0 saturated carbocycles. The summed E-state index contributed by atoms with van der Waals surface area (Å²) in [6.45, 7) is 2.38. The van der Waals surface area contributed by atoms with E-state index in [4.69, 9.17) is 9.47 Å². The van der Waals surface area contributed by atoms with Crippen LogP contribution in [0, 0.1) is 0 Å². The van der Waals surface area contributed by atoms with Crippen LogP contribution in [0.2, 0.25) is 0 Å². The molecule has 0 aliphatic rings. The van der Waals surface area contributed by atoms with Gasteiger partial charge in [0.2, 0.25) is 0 Å². The minimum atomic E-state index is -0.681. The molecule has 156 valence electrons. The van der Waals surface area contributed by atoms with E-state index in [-0.39, 0.29) is 34.0 Å². The predicted octanol–water partition coefficient (Wildman–Crippen LogP) is 3.53. The Morgan fingerprint density at radius 1 is 0.667 bits per heavy atom. The van der Waals surface area contributed by atoms with Crippen molar-refractivity contribution in [3.63, 3.8) is 0 Å². The van der Waals surface area contributed by atoms with Gasteiger partial charge in [-0.3, -0.25) is 9.59 Å². The van der Waals surface area contributed by atoms with Gasteiger partial charge in [-0.1, -0.05) is 0 Å². The Hall–Kier alpha value is -4.08. The average molecular weight is 414 g/mol. The van der Waals surface area contributed by atoms with Gasteiger partial charge in [-0.15, -0.1) is 0 Å². The van der Waals surface area contributed by atoms with Crippen molar-refractivity contribution in [2.45, 2.75) is 13.8 Å². The second kappa shape index (κ2) is 9.92. The van der Waals surface area contributed by atoms with Crippen LogP contribution in [0.25, 0.3) is 0 Å². The summed E-state index contributed by atoms with van der Waals surface area (Å²) < 4.78 is 19.4. The lowest BCUT2D eigenvalue weighted by Crippen LogP contribution is -2.08. The van der Waals surface area contributed by atoms with E-state index in [0.717, 1.165) is 0 Å². The Balaban J connectivity index is 2.38. The van der Waals surface area contributed by atoms with E-state index in [2.05, 4.69) is 19.7 Å². The van der Waals surface area contributed by atoms with Gasteiger partial charge in [0.05, 0.1) is 25.6 Å². The monoisotopic (exact) mass is 414 g/mol. The van der Waals surface area contributed by atoms with Crippen LogP contribution in [0.5, 0.6) is 11.5 Å². The summed E-state index contributed by atoms with van der Waals surface area (Å²) >= 11 is 0. The number of hydrogen-bond donors (Lipinski definition) is 0. The number of carbonyl (C=O) groups is 4. The van der Waals surface area contributed by atoms with Gasteiger partial charge in [0.25, 0.3) is 0 Å². The van der Waals surface area contributed by atoms with Gasteiger partial charge in [-0.25, -0.2) is 9.59 Å². The first-order valence-corrected chi connectivity index (χ1v) is 8.48. The Morgan fingerprint density at radius 2 is 1.03 bits per heavy atom. The molecule has 0 aromatic heterocycles. The van der Waals surface area contributed by atoms with Gasteiger partial charge in [0, 0.05) is 26.0 Å². The fraction of sp³-hybridized carbons (Fsp3) is 0.200. The standard InChI is InChI=1S/C20H18N2O8/c1-11(23)29-17-9-13(5-7-15(17)19(25)27-3)21-22-14-6-8-16(20(26)28-4)18(10-14)30-12(2)24/h5-10H,1-4H3. The third-order valence-corrected chi connectivity index (χ3v) is 3.53. The van der Waals surface area contributed by atoms with Gasteiger partial charge >= 0.3 is 23.9 Å². The van der Waals surface area contributed by atoms with Crippen molar-refractivity contribution >= 4 is 35.3 Å². The molecule has 10 nitrogen and oxygen atoms in total. The zero-order chi connectivity index (χ0) is 22.3. The van der Waals surface area contributed by atoms with E-state index in [1.807, 2.05) is 0 Å². The van der Waals surface area contributed by atoms with Crippen molar-refractivity contribution in [1.29, 1.82) is 0 Å². The highest BCUT2D eigenvalue weighted by atomic mass is 16.6. The molecule has 0 fully saturated rings. The second-order valence-electron chi connectivity index (χ2n) is 5.73. The lowest BCUT2D eigenvalue weighted by molar-refractivity contribution is -0.132. The Morgan fingerprint density at radius 3 is 1.33 bits per heavy atom. The highest BCUT2D eigenvalue weighted by molar-refractivity contribution is 5.94. The molecule has 0 saturated heterocycles. The molecule has 0 amide bonds.